The van der Waals surface area contributed by atoms with Gasteiger partial charge in [0, 0.05) is 19.0 Å². The highest BCUT2D eigenvalue weighted by Gasteiger charge is 2.37. The maximum atomic E-state index is 12.9. The SMILES string of the molecule is COc1cccc(CCNC(=O)[C@H]2CCCN2C(=O)C2CCCCC2)c1OC. The molecule has 0 aromatic heterocycles. The zero-order valence-corrected chi connectivity index (χ0v) is 17.0. The first-order valence-electron chi connectivity index (χ1n) is 10.4. The predicted octanol–water partition coefficient (Wildman–Crippen LogP) is 2.93. The van der Waals surface area contributed by atoms with Crippen LogP contribution in [0.2, 0.25) is 0 Å². The van der Waals surface area contributed by atoms with Gasteiger partial charge in [-0.15, -0.1) is 0 Å². The summed E-state index contributed by atoms with van der Waals surface area (Å²) in [4.78, 5) is 27.5. The molecule has 1 saturated carbocycles. The maximum absolute atomic E-state index is 12.9. The molecule has 1 aliphatic carbocycles. The molecule has 0 bridgehead atoms. The Balaban J connectivity index is 1.55. The van der Waals surface area contributed by atoms with E-state index in [0.717, 1.165) is 44.1 Å². The number of carbonyl (C=O) groups excluding carboxylic acids is 2. The Labute approximate surface area is 167 Å². The van der Waals surface area contributed by atoms with E-state index in [4.69, 9.17) is 9.47 Å². The fourth-order valence-electron chi connectivity index (χ4n) is 4.48. The summed E-state index contributed by atoms with van der Waals surface area (Å²) in [5.41, 5.74) is 0.990. The van der Waals surface area contributed by atoms with E-state index in [2.05, 4.69) is 5.32 Å². The van der Waals surface area contributed by atoms with Crippen molar-refractivity contribution in [2.75, 3.05) is 27.3 Å². The number of hydrogen-bond acceptors (Lipinski definition) is 4. The molecule has 0 radical (unpaired) electrons. The van der Waals surface area contributed by atoms with E-state index in [1.165, 1.54) is 6.42 Å². The fourth-order valence-corrected chi connectivity index (χ4v) is 4.48. The summed E-state index contributed by atoms with van der Waals surface area (Å²) in [6.45, 7) is 1.21. The molecule has 2 amide bonds. The van der Waals surface area contributed by atoms with Crippen molar-refractivity contribution in [3.05, 3.63) is 23.8 Å². The molecule has 1 aromatic carbocycles. The number of nitrogens with one attached hydrogen (secondary N) is 1. The smallest absolute Gasteiger partial charge is 0.242 e. The molecule has 154 valence electrons. The van der Waals surface area contributed by atoms with E-state index in [1.54, 1.807) is 14.2 Å². The number of methoxy groups -OCH3 is 2. The molecule has 2 aliphatic rings. The van der Waals surface area contributed by atoms with Crippen LogP contribution in [0.5, 0.6) is 11.5 Å². The molecule has 1 atom stereocenters. The van der Waals surface area contributed by atoms with Gasteiger partial charge in [0.25, 0.3) is 0 Å². The Morgan fingerprint density at radius 1 is 1.07 bits per heavy atom. The average molecular weight is 389 g/mol. The van der Waals surface area contributed by atoms with Crippen LogP contribution in [0.3, 0.4) is 0 Å². The van der Waals surface area contributed by atoms with Crippen LogP contribution in [0.15, 0.2) is 18.2 Å². The van der Waals surface area contributed by atoms with Gasteiger partial charge in [-0.1, -0.05) is 31.4 Å². The summed E-state index contributed by atoms with van der Waals surface area (Å²) >= 11 is 0. The first kappa shape index (κ1) is 20.5. The van der Waals surface area contributed by atoms with Crippen molar-refractivity contribution in [1.29, 1.82) is 0 Å². The summed E-state index contributed by atoms with van der Waals surface area (Å²) in [6, 6.07) is 5.43. The van der Waals surface area contributed by atoms with E-state index < -0.39 is 0 Å². The molecule has 1 aliphatic heterocycles. The van der Waals surface area contributed by atoms with Crippen molar-refractivity contribution >= 4 is 11.8 Å². The van der Waals surface area contributed by atoms with Crippen LogP contribution in [-0.4, -0.2) is 50.1 Å². The first-order valence-corrected chi connectivity index (χ1v) is 10.4. The topological polar surface area (TPSA) is 67.9 Å². The lowest BCUT2D eigenvalue weighted by Crippen LogP contribution is -2.48. The number of hydrogen-bond donors (Lipinski definition) is 1. The highest BCUT2D eigenvalue weighted by molar-refractivity contribution is 5.89. The van der Waals surface area contributed by atoms with Gasteiger partial charge in [-0.3, -0.25) is 9.59 Å². The number of benzene rings is 1. The Morgan fingerprint density at radius 3 is 2.57 bits per heavy atom. The van der Waals surface area contributed by atoms with Gasteiger partial charge in [0.15, 0.2) is 11.5 Å². The number of rotatable bonds is 7. The Bertz CT molecular complexity index is 685. The Kier molecular flexibility index (Phi) is 7.18. The van der Waals surface area contributed by atoms with Crippen molar-refractivity contribution in [1.82, 2.24) is 10.2 Å². The zero-order chi connectivity index (χ0) is 19.9. The minimum atomic E-state index is -0.318. The lowest BCUT2D eigenvalue weighted by Gasteiger charge is -2.30. The summed E-state index contributed by atoms with van der Waals surface area (Å²) in [5, 5.41) is 3.02. The second kappa shape index (κ2) is 9.80. The van der Waals surface area contributed by atoms with Crippen molar-refractivity contribution in [3.8, 4) is 11.5 Å². The standard InChI is InChI=1S/C22H32N2O4/c1-27-19-12-6-10-16(20(19)28-2)13-14-23-21(25)18-11-7-15-24(18)22(26)17-8-4-3-5-9-17/h6,10,12,17-18H,3-5,7-9,11,13-15H2,1-2H3,(H,23,25)/t18-/m1/s1. The number of ether oxygens (including phenoxy) is 2. The van der Waals surface area contributed by atoms with E-state index in [0.29, 0.717) is 31.0 Å². The number of carbonyl (C=O) groups is 2. The van der Waals surface area contributed by atoms with Crippen LogP contribution in [0.25, 0.3) is 0 Å². The molecule has 0 unspecified atom stereocenters. The van der Waals surface area contributed by atoms with Crippen LogP contribution in [0, 0.1) is 5.92 Å². The van der Waals surface area contributed by atoms with Crippen LogP contribution in [-0.2, 0) is 16.0 Å². The maximum Gasteiger partial charge on any atom is 0.242 e. The largest absolute Gasteiger partial charge is 0.493 e. The summed E-state index contributed by atoms with van der Waals surface area (Å²) in [6.07, 6.45) is 7.73. The fraction of sp³-hybridized carbons (Fsp3) is 0.636. The van der Waals surface area contributed by atoms with Gasteiger partial charge < -0.3 is 19.7 Å². The van der Waals surface area contributed by atoms with Gasteiger partial charge in [-0.25, -0.2) is 0 Å². The third-order valence-electron chi connectivity index (χ3n) is 5.97. The second-order valence-corrected chi connectivity index (χ2v) is 7.72. The molecular weight excluding hydrogens is 356 g/mol. The summed E-state index contributed by atoms with van der Waals surface area (Å²) < 4.78 is 10.8. The molecule has 1 N–H and O–H groups in total. The molecule has 1 heterocycles. The van der Waals surface area contributed by atoms with Crippen molar-refractivity contribution in [3.63, 3.8) is 0 Å². The van der Waals surface area contributed by atoms with Crippen LogP contribution < -0.4 is 14.8 Å². The lowest BCUT2D eigenvalue weighted by molar-refractivity contribution is -0.142. The molecule has 1 aromatic rings. The Morgan fingerprint density at radius 2 is 1.86 bits per heavy atom. The van der Waals surface area contributed by atoms with Gasteiger partial charge in [-0.2, -0.15) is 0 Å². The van der Waals surface area contributed by atoms with Crippen molar-refractivity contribution in [2.45, 2.75) is 57.4 Å². The third-order valence-corrected chi connectivity index (χ3v) is 5.97. The molecule has 3 rings (SSSR count). The molecule has 1 saturated heterocycles. The highest BCUT2D eigenvalue weighted by atomic mass is 16.5. The van der Waals surface area contributed by atoms with Crippen molar-refractivity contribution < 1.29 is 19.1 Å². The quantitative estimate of drug-likeness (QED) is 0.780. The summed E-state index contributed by atoms with van der Waals surface area (Å²) in [7, 11) is 3.23. The molecule has 6 nitrogen and oxygen atoms in total. The highest BCUT2D eigenvalue weighted by Crippen LogP contribution is 2.31. The van der Waals surface area contributed by atoms with Crippen LogP contribution >= 0.6 is 0 Å². The second-order valence-electron chi connectivity index (χ2n) is 7.72. The predicted molar refractivity (Wildman–Crippen MR) is 108 cm³/mol. The number of nitrogens with zero attached hydrogens (tertiary/aromatic N) is 1. The van der Waals surface area contributed by atoms with Crippen molar-refractivity contribution in [2.24, 2.45) is 5.92 Å². The molecule has 2 fully saturated rings. The number of amides is 2. The number of likely N-dealkylation sites (tertiary alicyclic amines) is 1. The van der Waals surface area contributed by atoms with Gasteiger partial charge in [0.2, 0.25) is 11.8 Å². The minimum absolute atomic E-state index is 0.0384. The number of para-hydroxylation sites is 1. The van der Waals surface area contributed by atoms with Gasteiger partial charge in [0.1, 0.15) is 6.04 Å². The van der Waals surface area contributed by atoms with E-state index in [-0.39, 0.29) is 23.8 Å². The zero-order valence-electron chi connectivity index (χ0n) is 17.0. The first-order chi connectivity index (χ1) is 13.7. The molecule has 6 heteroatoms. The monoisotopic (exact) mass is 388 g/mol. The van der Waals surface area contributed by atoms with E-state index in [1.807, 2.05) is 23.1 Å². The van der Waals surface area contributed by atoms with Gasteiger partial charge in [-0.05, 0) is 43.7 Å². The third kappa shape index (κ3) is 4.59. The van der Waals surface area contributed by atoms with Crippen LogP contribution in [0.4, 0.5) is 0 Å². The van der Waals surface area contributed by atoms with Gasteiger partial charge in [0.05, 0.1) is 14.2 Å². The minimum Gasteiger partial charge on any atom is -0.493 e. The Hall–Kier alpha value is -2.24. The van der Waals surface area contributed by atoms with E-state index >= 15 is 0 Å². The van der Waals surface area contributed by atoms with Crippen LogP contribution in [0.1, 0.15) is 50.5 Å². The lowest BCUT2D eigenvalue weighted by atomic mass is 9.88. The van der Waals surface area contributed by atoms with Gasteiger partial charge >= 0.3 is 0 Å². The summed E-state index contributed by atoms with van der Waals surface area (Å²) in [5.74, 6) is 1.65. The molecule has 0 spiro atoms. The average Bonchev–Trinajstić information content (AvgIpc) is 3.23. The molecule has 28 heavy (non-hydrogen) atoms. The molecular formula is C22H32N2O4. The normalized spacial score (nSPS) is 20.1. The van der Waals surface area contributed by atoms with E-state index in [9.17, 15) is 9.59 Å².